The van der Waals surface area contributed by atoms with Gasteiger partial charge in [0, 0.05) is 12.2 Å². The highest BCUT2D eigenvalue weighted by Crippen LogP contribution is 2.29. The molecule has 2 amide bonds. The number of fused-ring (bicyclic) bond motifs is 1. The van der Waals surface area contributed by atoms with Gasteiger partial charge in [-0.2, -0.15) is 0 Å². The van der Waals surface area contributed by atoms with E-state index >= 15 is 0 Å². The first-order valence-corrected chi connectivity index (χ1v) is 9.94. The molecule has 0 aromatic heterocycles. The number of para-hydroxylation sites is 3. The first kappa shape index (κ1) is 20.7. The van der Waals surface area contributed by atoms with Crippen molar-refractivity contribution in [2.75, 3.05) is 25.2 Å². The van der Waals surface area contributed by atoms with Gasteiger partial charge < -0.3 is 19.7 Å². The highest BCUT2D eigenvalue weighted by Gasteiger charge is 2.31. The lowest BCUT2D eigenvalue weighted by atomic mass is 10.0. The van der Waals surface area contributed by atoms with E-state index in [0.29, 0.717) is 24.5 Å². The summed E-state index contributed by atoms with van der Waals surface area (Å²) < 4.78 is 10.8. The normalized spacial score (nSPS) is 13.7. The molecule has 0 saturated carbocycles. The Labute approximate surface area is 171 Å². The maximum Gasteiger partial charge on any atom is 0.258 e. The van der Waals surface area contributed by atoms with E-state index in [0.717, 1.165) is 17.7 Å². The highest BCUT2D eigenvalue weighted by atomic mass is 16.5. The molecule has 29 heavy (non-hydrogen) atoms. The zero-order valence-electron chi connectivity index (χ0n) is 17.2. The second-order valence-corrected chi connectivity index (χ2v) is 7.56. The summed E-state index contributed by atoms with van der Waals surface area (Å²) in [6, 6.07) is 14.5. The number of nitrogens with one attached hydrogen (secondary N) is 1. The molecular formula is C23H28N2O4. The summed E-state index contributed by atoms with van der Waals surface area (Å²) in [6.45, 7) is 4.53. The number of carbonyl (C=O) groups is 2. The molecule has 0 aliphatic carbocycles. The molecular weight excluding hydrogens is 368 g/mol. The molecule has 1 heterocycles. The molecule has 0 saturated heterocycles. The molecule has 3 rings (SSSR count). The molecule has 2 aromatic rings. The molecule has 154 valence electrons. The minimum absolute atomic E-state index is 0.0747. The predicted octanol–water partition coefficient (Wildman–Crippen LogP) is 3.19. The molecule has 1 aliphatic rings. The Hall–Kier alpha value is -3.02. The summed E-state index contributed by atoms with van der Waals surface area (Å²) in [5, 5.41) is 2.87. The zero-order chi connectivity index (χ0) is 20.8. The van der Waals surface area contributed by atoms with Crippen LogP contribution >= 0.6 is 0 Å². The van der Waals surface area contributed by atoms with E-state index in [1.807, 2.05) is 50.2 Å². The van der Waals surface area contributed by atoms with E-state index < -0.39 is 6.04 Å². The van der Waals surface area contributed by atoms with Crippen LogP contribution in [-0.4, -0.2) is 38.1 Å². The van der Waals surface area contributed by atoms with Crippen LogP contribution in [0.5, 0.6) is 11.5 Å². The van der Waals surface area contributed by atoms with Crippen LogP contribution in [0, 0.1) is 5.92 Å². The second-order valence-electron chi connectivity index (χ2n) is 7.56. The number of ether oxygens (including phenoxy) is 2. The molecule has 0 fully saturated rings. The van der Waals surface area contributed by atoms with Crippen LogP contribution in [0.2, 0.25) is 0 Å². The third-order valence-electron chi connectivity index (χ3n) is 4.92. The second kappa shape index (κ2) is 9.45. The number of amides is 2. The molecule has 1 aliphatic heterocycles. The fraction of sp³-hybridized carbons (Fsp3) is 0.391. The van der Waals surface area contributed by atoms with Gasteiger partial charge in [0.2, 0.25) is 5.91 Å². The minimum atomic E-state index is -0.588. The molecule has 6 heteroatoms. The topological polar surface area (TPSA) is 67.9 Å². The molecule has 0 unspecified atom stereocenters. The van der Waals surface area contributed by atoms with Crippen molar-refractivity contribution in [2.24, 2.45) is 5.92 Å². The monoisotopic (exact) mass is 396 g/mol. The number of anilines is 1. The number of methoxy groups -OCH3 is 1. The highest BCUT2D eigenvalue weighted by molar-refractivity contribution is 6.00. The Morgan fingerprint density at radius 2 is 1.76 bits per heavy atom. The lowest BCUT2D eigenvalue weighted by Crippen LogP contribution is -2.50. The molecule has 0 radical (unpaired) electrons. The van der Waals surface area contributed by atoms with E-state index in [2.05, 4.69) is 5.32 Å². The third kappa shape index (κ3) is 5.08. The largest absolute Gasteiger partial charge is 0.493 e. The van der Waals surface area contributed by atoms with Gasteiger partial charge in [0.15, 0.2) is 18.1 Å². The van der Waals surface area contributed by atoms with Crippen molar-refractivity contribution in [1.82, 2.24) is 5.32 Å². The van der Waals surface area contributed by atoms with Gasteiger partial charge in [-0.15, -0.1) is 0 Å². The van der Waals surface area contributed by atoms with Gasteiger partial charge in [-0.3, -0.25) is 9.59 Å². The molecule has 1 N–H and O–H groups in total. The number of hydrogen-bond acceptors (Lipinski definition) is 4. The number of nitrogens with zero attached hydrogens (tertiary/aromatic N) is 1. The van der Waals surface area contributed by atoms with Crippen LogP contribution in [0.4, 0.5) is 5.69 Å². The first-order chi connectivity index (χ1) is 14.0. The smallest absolute Gasteiger partial charge is 0.258 e. The van der Waals surface area contributed by atoms with Crippen molar-refractivity contribution < 1.29 is 19.1 Å². The average Bonchev–Trinajstić information content (AvgIpc) is 3.15. The van der Waals surface area contributed by atoms with Gasteiger partial charge in [0.05, 0.1) is 7.11 Å². The third-order valence-corrected chi connectivity index (χ3v) is 4.92. The fourth-order valence-corrected chi connectivity index (χ4v) is 3.57. The molecule has 1 atom stereocenters. The van der Waals surface area contributed by atoms with Crippen molar-refractivity contribution in [1.29, 1.82) is 0 Å². The van der Waals surface area contributed by atoms with Crippen LogP contribution in [0.3, 0.4) is 0 Å². The fourth-order valence-electron chi connectivity index (χ4n) is 3.57. The van der Waals surface area contributed by atoms with Gasteiger partial charge in [-0.25, -0.2) is 0 Å². The van der Waals surface area contributed by atoms with Gasteiger partial charge in [0.25, 0.3) is 5.91 Å². The number of rotatable bonds is 8. The summed E-state index contributed by atoms with van der Waals surface area (Å²) in [5.41, 5.74) is 2.10. The molecule has 0 spiro atoms. The maximum atomic E-state index is 13.2. The van der Waals surface area contributed by atoms with Crippen molar-refractivity contribution in [2.45, 2.75) is 32.7 Å². The Bertz CT molecular complexity index is 865. The Morgan fingerprint density at radius 1 is 1.07 bits per heavy atom. The number of carbonyl (C=O) groups excluding carboxylic acids is 2. The van der Waals surface area contributed by atoms with E-state index in [4.69, 9.17) is 9.47 Å². The van der Waals surface area contributed by atoms with Crippen molar-refractivity contribution >= 4 is 17.5 Å². The van der Waals surface area contributed by atoms with E-state index in [-0.39, 0.29) is 24.3 Å². The zero-order valence-corrected chi connectivity index (χ0v) is 17.2. The summed E-state index contributed by atoms with van der Waals surface area (Å²) in [6.07, 6.45) is 1.40. The van der Waals surface area contributed by atoms with Gasteiger partial charge in [-0.1, -0.05) is 44.2 Å². The lowest BCUT2D eigenvalue weighted by Gasteiger charge is -2.26. The van der Waals surface area contributed by atoms with Crippen LogP contribution in [-0.2, 0) is 16.0 Å². The van der Waals surface area contributed by atoms with Crippen LogP contribution in [0.25, 0.3) is 0 Å². The standard InChI is InChI=1S/C23H28N2O4/c1-16(2)14-18(23(27)25-13-12-17-8-4-5-9-19(17)25)24-22(26)15-29-21-11-7-6-10-20(21)28-3/h4-11,16,18H,12-15H2,1-3H3,(H,24,26)/t18-/m0/s1. The number of hydrogen-bond donors (Lipinski definition) is 1. The van der Waals surface area contributed by atoms with E-state index in [9.17, 15) is 9.59 Å². The quantitative estimate of drug-likeness (QED) is 0.744. The number of benzene rings is 2. The van der Waals surface area contributed by atoms with Gasteiger partial charge in [-0.05, 0) is 42.5 Å². The summed E-state index contributed by atoms with van der Waals surface area (Å²) in [5.74, 6) is 0.906. The summed E-state index contributed by atoms with van der Waals surface area (Å²) in [7, 11) is 1.55. The molecule has 6 nitrogen and oxygen atoms in total. The summed E-state index contributed by atoms with van der Waals surface area (Å²) in [4.78, 5) is 27.5. The average molecular weight is 396 g/mol. The van der Waals surface area contributed by atoms with Gasteiger partial charge in [0.1, 0.15) is 6.04 Å². The minimum Gasteiger partial charge on any atom is -0.493 e. The van der Waals surface area contributed by atoms with Crippen molar-refractivity contribution in [3.63, 3.8) is 0 Å². The van der Waals surface area contributed by atoms with E-state index in [1.54, 1.807) is 24.1 Å². The van der Waals surface area contributed by atoms with Crippen LogP contribution in [0.1, 0.15) is 25.8 Å². The summed E-state index contributed by atoms with van der Waals surface area (Å²) >= 11 is 0. The van der Waals surface area contributed by atoms with Crippen molar-refractivity contribution in [3.05, 3.63) is 54.1 Å². The SMILES string of the molecule is COc1ccccc1OCC(=O)N[C@@H](CC(C)C)C(=O)N1CCc2ccccc21. The van der Waals surface area contributed by atoms with Gasteiger partial charge >= 0.3 is 0 Å². The predicted molar refractivity (Wildman–Crippen MR) is 112 cm³/mol. The Balaban J connectivity index is 1.66. The first-order valence-electron chi connectivity index (χ1n) is 9.94. The van der Waals surface area contributed by atoms with Crippen LogP contribution in [0.15, 0.2) is 48.5 Å². The van der Waals surface area contributed by atoms with Crippen LogP contribution < -0.4 is 19.7 Å². The molecule has 2 aromatic carbocycles. The van der Waals surface area contributed by atoms with Crippen molar-refractivity contribution in [3.8, 4) is 11.5 Å². The maximum absolute atomic E-state index is 13.2. The molecule has 0 bridgehead atoms. The Kier molecular flexibility index (Phi) is 6.75. The van der Waals surface area contributed by atoms with E-state index in [1.165, 1.54) is 0 Å². The lowest BCUT2D eigenvalue weighted by molar-refractivity contribution is -0.129. The Morgan fingerprint density at radius 3 is 2.48 bits per heavy atom.